The molecule has 0 saturated carbocycles. The molecule has 0 spiro atoms. The van der Waals surface area contributed by atoms with E-state index in [9.17, 15) is 0 Å². The van der Waals surface area contributed by atoms with E-state index >= 15 is 0 Å². The molecule has 0 bridgehead atoms. The molecule has 1 aliphatic rings. The van der Waals surface area contributed by atoms with Crippen molar-refractivity contribution in [3.8, 4) is 0 Å². The maximum absolute atomic E-state index is 5.34. The van der Waals surface area contributed by atoms with Crippen molar-refractivity contribution in [3.05, 3.63) is 12.3 Å². The molecular weight excluding hydrogens is 86.9 g/mol. The third-order valence-corrected chi connectivity index (χ3v) is 1.03. The largest absolute Gasteiger partial charge is 0.505 e. The Labute approximate surface area is 44.8 Å². The average Bonchev–Trinajstić information content (AvgIpc) is 1.87. The van der Waals surface area contributed by atoms with Crippen LogP contribution in [-0.2, 0) is 4.74 Å². The number of hydrogen-bond acceptors (Lipinski definition) is 1. The monoisotopic (exact) mass is 94.1 g/mol. The summed E-state index contributed by atoms with van der Waals surface area (Å²) in [7, 11) is 5.34. The van der Waals surface area contributed by atoms with Crippen molar-refractivity contribution in [2.75, 3.05) is 0 Å². The molecule has 1 nitrogen and oxygen atoms in total. The van der Waals surface area contributed by atoms with Gasteiger partial charge in [-0.25, -0.2) is 0 Å². The number of ether oxygens (including phenoxy) is 1. The minimum atomic E-state index is -0.0764. The first kappa shape index (κ1) is 4.76. The first-order chi connectivity index (χ1) is 3.29. The summed E-state index contributed by atoms with van der Waals surface area (Å²) in [6.07, 6.45) is 1.86. The van der Waals surface area contributed by atoms with Gasteiger partial charge < -0.3 is 4.74 Å². The van der Waals surface area contributed by atoms with Gasteiger partial charge in [0.25, 0.3) is 0 Å². The van der Waals surface area contributed by atoms with Crippen LogP contribution in [0.25, 0.3) is 0 Å². The smallest absolute Gasteiger partial charge is 0.126 e. The van der Waals surface area contributed by atoms with Gasteiger partial charge in [0, 0.05) is 6.42 Å². The van der Waals surface area contributed by atoms with Crippen molar-refractivity contribution in [3.63, 3.8) is 0 Å². The van der Waals surface area contributed by atoms with Crippen LogP contribution in [0.4, 0.5) is 0 Å². The van der Waals surface area contributed by atoms with Gasteiger partial charge in [0.1, 0.15) is 7.85 Å². The number of hydrogen-bond donors (Lipinski definition) is 0. The Morgan fingerprint density at radius 3 is 2.71 bits per heavy atom. The molecule has 0 amide bonds. The molecular formula is C5H7BO. The van der Waals surface area contributed by atoms with Crippen molar-refractivity contribution >= 4 is 7.85 Å². The van der Waals surface area contributed by atoms with E-state index in [2.05, 4.69) is 6.58 Å². The summed E-state index contributed by atoms with van der Waals surface area (Å²) in [5.41, 5.74) is 0. The Balaban J connectivity index is 2.40. The van der Waals surface area contributed by atoms with E-state index in [1.807, 2.05) is 0 Å². The molecule has 36 valence electrons. The van der Waals surface area contributed by atoms with Crippen LogP contribution in [0.5, 0.6) is 0 Å². The quantitative estimate of drug-likeness (QED) is 0.403. The molecule has 0 aromatic heterocycles. The van der Waals surface area contributed by atoms with E-state index in [1.54, 1.807) is 0 Å². The zero-order chi connectivity index (χ0) is 5.28. The molecule has 1 fully saturated rings. The molecule has 1 saturated heterocycles. The van der Waals surface area contributed by atoms with Gasteiger partial charge >= 0.3 is 0 Å². The average molecular weight is 93.9 g/mol. The first-order valence-electron chi connectivity index (χ1n) is 2.39. The van der Waals surface area contributed by atoms with Gasteiger partial charge in [0.15, 0.2) is 0 Å². The number of rotatable bonds is 0. The molecule has 0 aromatic rings. The van der Waals surface area contributed by atoms with E-state index in [-0.39, 0.29) is 6.00 Å². The van der Waals surface area contributed by atoms with Gasteiger partial charge in [-0.2, -0.15) is 0 Å². The highest BCUT2D eigenvalue weighted by molar-refractivity contribution is 6.11. The summed E-state index contributed by atoms with van der Waals surface area (Å²) in [5, 5.41) is 0. The SMILES string of the molecule is [B]C1CCC(=C)O1. The predicted octanol–water partition coefficient (Wildman–Crippen LogP) is 0.805. The number of allylic oxidation sites excluding steroid dienone is 1. The Morgan fingerprint density at radius 1 is 1.86 bits per heavy atom. The summed E-state index contributed by atoms with van der Waals surface area (Å²) >= 11 is 0. The van der Waals surface area contributed by atoms with Crippen LogP contribution in [0.15, 0.2) is 12.3 Å². The minimum absolute atomic E-state index is 0.0764. The third kappa shape index (κ3) is 0.984. The van der Waals surface area contributed by atoms with Gasteiger partial charge in [-0.1, -0.05) is 6.58 Å². The molecule has 0 N–H and O–H groups in total. The highest BCUT2D eigenvalue weighted by Crippen LogP contribution is 2.17. The lowest BCUT2D eigenvalue weighted by Crippen LogP contribution is -2.00. The first-order valence-corrected chi connectivity index (χ1v) is 2.39. The van der Waals surface area contributed by atoms with Crippen molar-refractivity contribution in [1.29, 1.82) is 0 Å². The Kier molecular flexibility index (Phi) is 1.09. The summed E-state index contributed by atoms with van der Waals surface area (Å²) < 4.78 is 4.94. The van der Waals surface area contributed by atoms with Crippen LogP contribution in [0, 0.1) is 0 Å². The predicted molar refractivity (Wildman–Crippen MR) is 29.0 cm³/mol. The molecule has 1 unspecified atom stereocenters. The second kappa shape index (κ2) is 1.61. The lowest BCUT2D eigenvalue weighted by Gasteiger charge is -1.99. The van der Waals surface area contributed by atoms with Crippen molar-refractivity contribution in [1.82, 2.24) is 0 Å². The van der Waals surface area contributed by atoms with Crippen molar-refractivity contribution < 1.29 is 4.74 Å². The van der Waals surface area contributed by atoms with Crippen LogP contribution in [0.3, 0.4) is 0 Å². The molecule has 2 heteroatoms. The topological polar surface area (TPSA) is 9.23 Å². The minimum Gasteiger partial charge on any atom is -0.505 e. The van der Waals surface area contributed by atoms with E-state index in [0.717, 1.165) is 18.6 Å². The van der Waals surface area contributed by atoms with E-state index in [0.29, 0.717) is 0 Å². The molecule has 0 aromatic carbocycles. The van der Waals surface area contributed by atoms with Gasteiger partial charge in [-0.15, -0.1) is 0 Å². The second-order valence-corrected chi connectivity index (χ2v) is 1.73. The van der Waals surface area contributed by atoms with Crippen LogP contribution in [0.2, 0.25) is 0 Å². The van der Waals surface area contributed by atoms with Crippen LogP contribution in [0.1, 0.15) is 12.8 Å². The summed E-state index contributed by atoms with van der Waals surface area (Å²) in [4.78, 5) is 0. The van der Waals surface area contributed by atoms with Crippen molar-refractivity contribution in [2.45, 2.75) is 18.8 Å². The Bertz CT molecular complexity index is 90.1. The lowest BCUT2D eigenvalue weighted by atomic mass is 9.98. The van der Waals surface area contributed by atoms with Gasteiger partial charge in [-0.05, 0) is 6.42 Å². The second-order valence-electron chi connectivity index (χ2n) is 1.73. The summed E-state index contributed by atoms with van der Waals surface area (Å²) in [6, 6.07) is -0.0764. The standard InChI is InChI=1S/C5H7BO/c1-4-2-3-5(6)7-4/h5H,1-3H2. The van der Waals surface area contributed by atoms with Crippen LogP contribution < -0.4 is 0 Å². The maximum atomic E-state index is 5.34. The zero-order valence-corrected chi connectivity index (χ0v) is 4.18. The molecule has 1 rings (SSSR count). The van der Waals surface area contributed by atoms with E-state index < -0.39 is 0 Å². The normalized spacial score (nSPS) is 30.3. The summed E-state index contributed by atoms with van der Waals surface area (Å²) in [6.45, 7) is 3.60. The molecule has 1 heterocycles. The summed E-state index contributed by atoms with van der Waals surface area (Å²) in [5.74, 6) is 0.826. The van der Waals surface area contributed by atoms with Gasteiger partial charge in [-0.3, -0.25) is 0 Å². The Hall–Kier alpha value is -0.395. The molecule has 1 atom stereocenters. The highest BCUT2D eigenvalue weighted by Gasteiger charge is 2.11. The van der Waals surface area contributed by atoms with E-state index in [4.69, 9.17) is 12.6 Å². The van der Waals surface area contributed by atoms with Crippen LogP contribution >= 0.6 is 0 Å². The molecule has 0 aliphatic carbocycles. The fourth-order valence-corrected chi connectivity index (χ4v) is 0.635. The molecule has 1 aliphatic heterocycles. The van der Waals surface area contributed by atoms with Gasteiger partial charge in [0.05, 0.1) is 11.8 Å². The fourth-order valence-electron chi connectivity index (χ4n) is 0.635. The van der Waals surface area contributed by atoms with Gasteiger partial charge in [0.2, 0.25) is 0 Å². The van der Waals surface area contributed by atoms with Crippen LogP contribution in [-0.4, -0.2) is 13.8 Å². The van der Waals surface area contributed by atoms with E-state index in [1.165, 1.54) is 0 Å². The maximum Gasteiger partial charge on any atom is 0.126 e. The Morgan fingerprint density at radius 2 is 2.57 bits per heavy atom. The third-order valence-electron chi connectivity index (χ3n) is 1.03. The zero-order valence-electron chi connectivity index (χ0n) is 4.18. The van der Waals surface area contributed by atoms with Crippen molar-refractivity contribution in [2.24, 2.45) is 0 Å². The molecule has 2 radical (unpaired) electrons. The highest BCUT2D eigenvalue weighted by atomic mass is 16.5. The lowest BCUT2D eigenvalue weighted by molar-refractivity contribution is 0.230. The fraction of sp³-hybridized carbons (Fsp3) is 0.600. The molecule has 7 heavy (non-hydrogen) atoms.